The quantitative estimate of drug-likeness (QED) is 0.700. The first-order valence-electron chi connectivity index (χ1n) is 7.43. The molecule has 0 N–H and O–H groups in total. The number of thiazole rings is 1. The van der Waals surface area contributed by atoms with E-state index in [-0.39, 0.29) is 0 Å². The zero-order chi connectivity index (χ0) is 15.5. The van der Waals surface area contributed by atoms with E-state index >= 15 is 0 Å². The van der Waals surface area contributed by atoms with Crippen LogP contribution < -0.4 is 9.47 Å². The Balaban J connectivity index is 1.49. The summed E-state index contributed by atoms with van der Waals surface area (Å²) in [5.41, 5.74) is 3.31. The lowest BCUT2D eigenvalue weighted by Gasteiger charge is -2.16. The highest BCUT2D eigenvalue weighted by Gasteiger charge is 2.15. The summed E-state index contributed by atoms with van der Waals surface area (Å²) in [6.45, 7) is 1.07. The first-order valence-corrected chi connectivity index (χ1v) is 8.31. The minimum Gasteiger partial charge on any atom is -0.488 e. The Hall–Kier alpha value is -2.59. The lowest BCUT2D eigenvalue weighted by molar-refractivity contribution is 0.295. The maximum Gasteiger partial charge on any atom is 0.225 e. The van der Waals surface area contributed by atoms with Gasteiger partial charge in [0.25, 0.3) is 0 Å². The van der Waals surface area contributed by atoms with Gasteiger partial charge in [0.15, 0.2) is 0 Å². The third-order valence-corrected chi connectivity index (χ3v) is 4.52. The molecule has 3 aromatic rings. The predicted molar refractivity (Wildman–Crippen MR) is 92.7 cm³/mol. The molecule has 0 amide bonds. The Morgan fingerprint density at radius 3 is 2.78 bits per heavy atom. The van der Waals surface area contributed by atoms with E-state index in [1.54, 1.807) is 11.3 Å². The smallest absolute Gasteiger partial charge is 0.225 e. The van der Waals surface area contributed by atoms with Crippen molar-refractivity contribution in [3.8, 4) is 11.6 Å². The number of para-hydroxylation sites is 1. The molecule has 2 heterocycles. The van der Waals surface area contributed by atoms with Crippen molar-refractivity contribution in [3.05, 3.63) is 76.1 Å². The molecule has 1 aliphatic heterocycles. The molecule has 0 spiro atoms. The average Bonchev–Trinajstić information content (AvgIpc) is 3.09. The number of nitrogens with zero attached hydrogens (tertiary/aromatic N) is 1. The highest BCUT2D eigenvalue weighted by Crippen LogP contribution is 2.32. The van der Waals surface area contributed by atoms with Crippen LogP contribution >= 0.6 is 11.3 Å². The van der Waals surface area contributed by atoms with Crippen LogP contribution in [-0.4, -0.2) is 11.6 Å². The van der Waals surface area contributed by atoms with Gasteiger partial charge in [-0.05, 0) is 17.7 Å². The first kappa shape index (κ1) is 14.0. The van der Waals surface area contributed by atoms with Crippen molar-refractivity contribution in [2.45, 2.75) is 6.61 Å². The van der Waals surface area contributed by atoms with Crippen LogP contribution in [0.5, 0.6) is 11.6 Å². The van der Waals surface area contributed by atoms with Crippen molar-refractivity contribution in [1.29, 1.82) is 0 Å². The van der Waals surface area contributed by atoms with Crippen LogP contribution in [0, 0.1) is 0 Å². The van der Waals surface area contributed by atoms with Crippen molar-refractivity contribution in [2.75, 3.05) is 6.61 Å². The second-order valence-electron chi connectivity index (χ2n) is 5.26. The molecule has 4 heteroatoms. The van der Waals surface area contributed by atoms with E-state index in [1.807, 2.05) is 53.9 Å². The maximum atomic E-state index is 5.79. The van der Waals surface area contributed by atoms with Gasteiger partial charge in [0.1, 0.15) is 24.0 Å². The van der Waals surface area contributed by atoms with Crippen molar-refractivity contribution < 1.29 is 9.47 Å². The van der Waals surface area contributed by atoms with Gasteiger partial charge in [-0.2, -0.15) is 0 Å². The summed E-state index contributed by atoms with van der Waals surface area (Å²) < 4.78 is 11.6. The van der Waals surface area contributed by atoms with Crippen LogP contribution in [0.15, 0.2) is 60.0 Å². The molecule has 0 unspecified atom stereocenters. The zero-order valence-electron chi connectivity index (χ0n) is 12.4. The lowest BCUT2D eigenvalue weighted by Crippen LogP contribution is -2.06. The van der Waals surface area contributed by atoms with Gasteiger partial charge in [0.05, 0.1) is 5.38 Å². The Labute approximate surface area is 138 Å². The predicted octanol–water partition coefficient (Wildman–Crippen LogP) is 4.66. The van der Waals surface area contributed by atoms with Gasteiger partial charge in [-0.15, -0.1) is 11.3 Å². The SMILES string of the molecule is C1=C(c2nc(OCc3ccccc3)cs2)COc2ccccc21. The molecule has 0 radical (unpaired) electrons. The summed E-state index contributed by atoms with van der Waals surface area (Å²) >= 11 is 1.58. The fraction of sp³-hybridized carbons (Fsp3) is 0.105. The minimum atomic E-state index is 0.530. The van der Waals surface area contributed by atoms with Crippen LogP contribution in [-0.2, 0) is 6.61 Å². The second kappa shape index (κ2) is 6.26. The molecule has 0 saturated heterocycles. The summed E-state index contributed by atoms with van der Waals surface area (Å²) in [5, 5.41) is 2.89. The largest absolute Gasteiger partial charge is 0.488 e. The molecular formula is C19H15NO2S. The van der Waals surface area contributed by atoms with E-state index < -0.39 is 0 Å². The molecule has 0 aliphatic carbocycles. The highest BCUT2D eigenvalue weighted by atomic mass is 32.1. The van der Waals surface area contributed by atoms with Crippen LogP contribution in [0.4, 0.5) is 0 Å². The van der Waals surface area contributed by atoms with Crippen molar-refractivity contribution in [3.63, 3.8) is 0 Å². The lowest BCUT2D eigenvalue weighted by atomic mass is 10.1. The normalized spacial score (nSPS) is 13.0. The molecule has 0 saturated carbocycles. The molecule has 4 rings (SSSR count). The zero-order valence-corrected chi connectivity index (χ0v) is 13.3. The van der Waals surface area contributed by atoms with Gasteiger partial charge in [-0.25, -0.2) is 4.98 Å². The van der Waals surface area contributed by atoms with Crippen LogP contribution in [0.3, 0.4) is 0 Å². The summed E-state index contributed by atoms with van der Waals surface area (Å²) in [6, 6.07) is 18.1. The third-order valence-electron chi connectivity index (χ3n) is 3.62. The molecule has 0 fully saturated rings. The maximum absolute atomic E-state index is 5.79. The monoisotopic (exact) mass is 321 g/mol. The number of benzene rings is 2. The number of hydrogen-bond donors (Lipinski definition) is 0. The van der Waals surface area contributed by atoms with Gasteiger partial charge >= 0.3 is 0 Å². The van der Waals surface area contributed by atoms with Gasteiger partial charge in [-0.3, -0.25) is 0 Å². The fourth-order valence-corrected chi connectivity index (χ4v) is 3.19. The number of aromatic nitrogens is 1. The van der Waals surface area contributed by atoms with E-state index in [9.17, 15) is 0 Å². The van der Waals surface area contributed by atoms with Crippen molar-refractivity contribution in [2.24, 2.45) is 0 Å². The summed E-state index contributed by atoms with van der Waals surface area (Å²) in [4.78, 5) is 4.57. The summed E-state index contributed by atoms with van der Waals surface area (Å²) in [6.07, 6.45) is 2.14. The van der Waals surface area contributed by atoms with Gasteiger partial charge in [-0.1, -0.05) is 48.5 Å². The average molecular weight is 321 g/mol. The summed E-state index contributed by atoms with van der Waals surface area (Å²) in [7, 11) is 0. The number of fused-ring (bicyclic) bond motifs is 1. The van der Waals surface area contributed by atoms with E-state index in [1.165, 1.54) is 0 Å². The minimum absolute atomic E-state index is 0.530. The van der Waals surface area contributed by atoms with Gasteiger partial charge in [0, 0.05) is 11.1 Å². The topological polar surface area (TPSA) is 31.4 Å². The molecule has 2 aromatic carbocycles. The van der Waals surface area contributed by atoms with Crippen molar-refractivity contribution in [1.82, 2.24) is 4.98 Å². The third kappa shape index (κ3) is 3.12. The molecular weight excluding hydrogens is 306 g/mol. The standard InChI is InChI=1S/C19H15NO2S/c1-2-6-14(7-3-1)11-22-18-13-23-19(20-18)16-10-15-8-4-5-9-17(15)21-12-16/h1-10,13H,11-12H2. The van der Waals surface area contributed by atoms with E-state index in [0.717, 1.165) is 27.5 Å². The molecule has 3 nitrogen and oxygen atoms in total. The molecule has 114 valence electrons. The Kier molecular flexibility index (Phi) is 3.82. The Morgan fingerprint density at radius 2 is 1.87 bits per heavy atom. The fourth-order valence-electron chi connectivity index (χ4n) is 2.44. The summed E-state index contributed by atoms with van der Waals surface area (Å²) in [5.74, 6) is 1.59. The highest BCUT2D eigenvalue weighted by molar-refractivity contribution is 7.11. The van der Waals surface area contributed by atoms with Crippen LogP contribution in [0.25, 0.3) is 11.6 Å². The molecule has 0 bridgehead atoms. The molecule has 23 heavy (non-hydrogen) atoms. The number of rotatable bonds is 4. The number of hydrogen-bond acceptors (Lipinski definition) is 4. The van der Waals surface area contributed by atoms with E-state index in [0.29, 0.717) is 19.1 Å². The van der Waals surface area contributed by atoms with Gasteiger partial charge in [0.2, 0.25) is 5.88 Å². The molecule has 1 aliphatic rings. The second-order valence-corrected chi connectivity index (χ2v) is 6.12. The van der Waals surface area contributed by atoms with Crippen LogP contribution in [0.2, 0.25) is 0 Å². The van der Waals surface area contributed by atoms with E-state index in [4.69, 9.17) is 9.47 Å². The van der Waals surface area contributed by atoms with E-state index in [2.05, 4.69) is 17.1 Å². The molecule has 1 aromatic heterocycles. The Bertz CT molecular complexity index is 839. The molecule has 0 atom stereocenters. The first-order chi connectivity index (χ1) is 11.4. The van der Waals surface area contributed by atoms with Crippen molar-refractivity contribution >= 4 is 23.0 Å². The Morgan fingerprint density at radius 1 is 1.04 bits per heavy atom. The van der Waals surface area contributed by atoms with Gasteiger partial charge < -0.3 is 9.47 Å². The number of ether oxygens (including phenoxy) is 2. The van der Waals surface area contributed by atoms with Crippen LogP contribution in [0.1, 0.15) is 16.1 Å².